The second-order valence-corrected chi connectivity index (χ2v) is 6.00. The van der Waals surface area contributed by atoms with Crippen molar-refractivity contribution in [3.63, 3.8) is 0 Å². The second kappa shape index (κ2) is 6.67. The Morgan fingerprint density at radius 3 is 2.72 bits per heavy atom. The molecule has 0 aliphatic heterocycles. The molecule has 0 bridgehead atoms. The lowest BCUT2D eigenvalue weighted by Gasteiger charge is -2.11. The van der Waals surface area contributed by atoms with Crippen LogP contribution in [-0.2, 0) is 10.9 Å². The quantitative estimate of drug-likeness (QED) is 0.623. The number of hydrogen-bond acceptors (Lipinski definition) is 6. The number of hydrogen-bond donors (Lipinski definition) is 0. The van der Waals surface area contributed by atoms with E-state index >= 15 is 0 Å². The highest BCUT2D eigenvalue weighted by Crippen LogP contribution is 2.30. The summed E-state index contributed by atoms with van der Waals surface area (Å²) in [6.07, 6.45) is -5.44. The Kier molecular flexibility index (Phi) is 4.58. The molecule has 0 amide bonds. The SMILES string of the molecule is C[C@H](OC(=O)c1cccc(C(F)(F)F)c1)c1nnc(-c2cccs2)o1. The van der Waals surface area contributed by atoms with Crippen molar-refractivity contribution >= 4 is 17.3 Å². The van der Waals surface area contributed by atoms with E-state index in [1.165, 1.54) is 24.3 Å². The molecule has 2 aromatic heterocycles. The Bertz CT molecular complexity index is 875. The zero-order valence-corrected chi connectivity index (χ0v) is 13.6. The first-order valence-electron chi connectivity index (χ1n) is 7.10. The van der Waals surface area contributed by atoms with Crippen molar-refractivity contribution in [1.29, 1.82) is 0 Å². The predicted octanol–water partition coefficient (Wildman–Crippen LogP) is 4.73. The van der Waals surface area contributed by atoms with Crippen LogP contribution < -0.4 is 0 Å². The molecule has 0 radical (unpaired) electrons. The maximum absolute atomic E-state index is 12.7. The third-order valence-electron chi connectivity index (χ3n) is 3.23. The van der Waals surface area contributed by atoms with Crippen molar-refractivity contribution < 1.29 is 27.1 Å². The summed E-state index contributed by atoms with van der Waals surface area (Å²) in [4.78, 5) is 12.8. The number of halogens is 3. The lowest BCUT2D eigenvalue weighted by Crippen LogP contribution is -2.12. The summed E-state index contributed by atoms with van der Waals surface area (Å²) >= 11 is 1.41. The van der Waals surface area contributed by atoms with Crippen LogP contribution in [0.15, 0.2) is 46.2 Å². The first-order chi connectivity index (χ1) is 11.8. The molecule has 130 valence electrons. The standard InChI is InChI=1S/C16H11F3N2O3S/c1-9(13-20-21-14(24-13)12-6-3-7-25-12)23-15(22)10-4-2-5-11(8-10)16(17,18)19/h2-9H,1H3/t9-/m0/s1. The topological polar surface area (TPSA) is 65.2 Å². The van der Waals surface area contributed by atoms with E-state index in [4.69, 9.17) is 9.15 Å². The predicted molar refractivity (Wildman–Crippen MR) is 82.9 cm³/mol. The van der Waals surface area contributed by atoms with Gasteiger partial charge < -0.3 is 9.15 Å². The Morgan fingerprint density at radius 2 is 2.04 bits per heavy atom. The lowest BCUT2D eigenvalue weighted by molar-refractivity contribution is -0.137. The van der Waals surface area contributed by atoms with Crippen molar-refractivity contribution in [3.8, 4) is 10.8 Å². The van der Waals surface area contributed by atoms with Crippen molar-refractivity contribution in [2.45, 2.75) is 19.2 Å². The van der Waals surface area contributed by atoms with E-state index in [9.17, 15) is 18.0 Å². The minimum Gasteiger partial charge on any atom is -0.449 e. The first-order valence-corrected chi connectivity index (χ1v) is 7.98. The van der Waals surface area contributed by atoms with Crippen molar-refractivity contribution in [3.05, 3.63) is 58.8 Å². The first kappa shape index (κ1) is 17.2. The van der Waals surface area contributed by atoms with Crippen LogP contribution in [0.5, 0.6) is 0 Å². The number of carbonyl (C=O) groups excluding carboxylic acids is 1. The number of benzene rings is 1. The monoisotopic (exact) mass is 368 g/mol. The summed E-state index contributed by atoms with van der Waals surface area (Å²) in [5.74, 6) is -0.565. The van der Waals surface area contributed by atoms with Crippen LogP contribution in [0.1, 0.15) is 34.8 Å². The minimum absolute atomic E-state index is 0.0590. The highest BCUT2D eigenvalue weighted by Gasteiger charge is 2.31. The molecule has 25 heavy (non-hydrogen) atoms. The number of nitrogens with zero attached hydrogens (tertiary/aromatic N) is 2. The van der Waals surface area contributed by atoms with Crippen molar-refractivity contribution in [1.82, 2.24) is 10.2 Å². The Hall–Kier alpha value is -2.68. The van der Waals surface area contributed by atoms with Crippen LogP contribution in [0, 0.1) is 0 Å². The summed E-state index contributed by atoms with van der Waals surface area (Å²) in [5.41, 5.74) is -1.13. The van der Waals surface area contributed by atoms with Gasteiger partial charge in [0, 0.05) is 0 Å². The van der Waals surface area contributed by atoms with Gasteiger partial charge in [-0.15, -0.1) is 21.5 Å². The summed E-state index contributed by atoms with van der Waals surface area (Å²) in [7, 11) is 0. The average molecular weight is 368 g/mol. The van der Waals surface area contributed by atoms with Gasteiger partial charge >= 0.3 is 12.1 Å². The third kappa shape index (κ3) is 3.87. The maximum Gasteiger partial charge on any atom is 0.416 e. The summed E-state index contributed by atoms with van der Waals surface area (Å²) in [6, 6.07) is 7.62. The van der Waals surface area contributed by atoms with Gasteiger partial charge in [-0.1, -0.05) is 12.1 Å². The number of esters is 1. The van der Waals surface area contributed by atoms with Gasteiger partial charge in [-0.25, -0.2) is 4.79 Å². The van der Waals surface area contributed by atoms with Gasteiger partial charge in [-0.2, -0.15) is 13.2 Å². The van der Waals surface area contributed by atoms with Gasteiger partial charge in [0.2, 0.25) is 0 Å². The number of thiophene rings is 1. The highest BCUT2D eigenvalue weighted by atomic mass is 32.1. The van der Waals surface area contributed by atoms with Gasteiger partial charge in [0.05, 0.1) is 16.0 Å². The molecule has 2 heterocycles. The molecule has 0 fully saturated rings. The van der Waals surface area contributed by atoms with Gasteiger partial charge in [0.1, 0.15) is 0 Å². The molecule has 1 atom stereocenters. The molecule has 0 unspecified atom stereocenters. The van der Waals surface area contributed by atoms with Crippen LogP contribution in [-0.4, -0.2) is 16.2 Å². The molecular weight excluding hydrogens is 357 g/mol. The van der Waals surface area contributed by atoms with E-state index in [-0.39, 0.29) is 17.3 Å². The lowest BCUT2D eigenvalue weighted by atomic mass is 10.1. The normalized spacial score (nSPS) is 12.8. The van der Waals surface area contributed by atoms with E-state index in [1.54, 1.807) is 6.07 Å². The molecule has 0 N–H and O–H groups in total. The minimum atomic E-state index is -4.54. The molecule has 0 aliphatic carbocycles. The van der Waals surface area contributed by atoms with Crippen LogP contribution in [0.2, 0.25) is 0 Å². The van der Waals surface area contributed by atoms with Gasteiger partial charge in [-0.05, 0) is 36.6 Å². The number of ether oxygens (including phenoxy) is 1. The molecule has 0 aliphatic rings. The number of carbonyl (C=O) groups is 1. The molecule has 9 heteroatoms. The Balaban J connectivity index is 1.73. The van der Waals surface area contributed by atoms with E-state index < -0.39 is 23.8 Å². The average Bonchev–Trinajstić information content (AvgIpc) is 3.25. The fraction of sp³-hybridized carbons (Fsp3) is 0.188. The van der Waals surface area contributed by atoms with E-state index in [0.29, 0.717) is 0 Å². The largest absolute Gasteiger partial charge is 0.449 e. The van der Waals surface area contributed by atoms with Crippen LogP contribution in [0.3, 0.4) is 0 Å². The zero-order valence-electron chi connectivity index (χ0n) is 12.8. The fourth-order valence-electron chi connectivity index (χ4n) is 2.00. The number of aromatic nitrogens is 2. The Labute approximate surface area is 144 Å². The molecule has 5 nitrogen and oxygen atoms in total. The van der Waals surface area contributed by atoms with Gasteiger partial charge in [0.15, 0.2) is 6.10 Å². The summed E-state index contributed by atoms with van der Waals surface area (Å²) < 4.78 is 48.7. The molecule has 0 saturated heterocycles. The highest BCUT2D eigenvalue weighted by molar-refractivity contribution is 7.13. The van der Waals surface area contributed by atoms with Crippen LogP contribution in [0.25, 0.3) is 10.8 Å². The molecule has 3 aromatic rings. The summed E-state index contributed by atoms with van der Waals surface area (Å²) in [5, 5.41) is 9.51. The molecule has 1 aromatic carbocycles. The van der Waals surface area contributed by atoms with E-state index in [2.05, 4.69) is 10.2 Å². The Morgan fingerprint density at radius 1 is 1.24 bits per heavy atom. The van der Waals surface area contributed by atoms with E-state index in [1.807, 2.05) is 11.4 Å². The van der Waals surface area contributed by atoms with Crippen molar-refractivity contribution in [2.75, 3.05) is 0 Å². The fourth-order valence-corrected chi connectivity index (χ4v) is 2.64. The number of alkyl halides is 3. The van der Waals surface area contributed by atoms with Gasteiger partial charge in [0.25, 0.3) is 11.8 Å². The molecule has 0 spiro atoms. The summed E-state index contributed by atoms with van der Waals surface area (Å²) in [6.45, 7) is 1.50. The van der Waals surface area contributed by atoms with Crippen LogP contribution >= 0.6 is 11.3 Å². The van der Waals surface area contributed by atoms with Gasteiger partial charge in [-0.3, -0.25) is 0 Å². The zero-order chi connectivity index (χ0) is 18.0. The molecule has 3 rings (SSSR count). The van der Waals surface area contributed by atoms with Crippen molar-refractivity contribution in [2.24, 2.45) is 0 Å². The maximum atomic E-state index is 12.7. The smallest absolute Gasteiger partial charge is 0.416 e. The van der Waals surface area contributed by atoms with E-state index in [0.717, 1.165) is 23.1 Å². The number of rotatable bonds is 4. The second-order valence-electron chi connectivity index (χ2n) is 5.05. The molecular formula is C16H11F3N2O3S. The van der Waals surface area contributed by atoms with Crippen LogP contribution in [0.4, 0.5) is 13.2 Å². The third-order valence-corrected chi connectivity index (χ3v) is 4.09. The molecule has 0 saturated carbocycles.